The standard InChI is InChI=1S/C57H72F6N8O11/c1-33-48(42-18-9-36(58)29-45(42)81-55(59)60)50(82-56(33,2)57(61,62)63)54(77)70-38-19-21-65-44(30-38)53(76)68-23-27-78-26-22-66-51(74)34-7-10-37(11-8-34)69-46(72)6-4-25-79-40-14-16-41(17-15-40)80-28-24-67-52(75)43-31-47(73)71(39-12-13-39)49(43)35-5-3-20-64-32-35/h3,5,9,18-21,29-30,32-34,37,39-41,43,48-50,55H,4,6-8,10-17,22-28,31H2,1-2H3,(H,66,74)(H,67,75)(H,68,76)(H,69,72)(H,65,70,77)/t33-,34?,37?,40?,41?,43-,48-,49+,50+,56+/m0/s1. The van der Waals surface area contributed by atoms with Gasteiger partial charge in [-0.1, -0.05) is 19.1 Å². The van der Waals surface area contributed by atoms with Crippen LogP contribution in [0, 0.1) is 23.6 Å². The molecule has 2 aliphatic heterocycles. The van der Waals surface area contributed by atoms with E-state index in [9.17, 15) is 55.1 Å². The maximum Gasteiger partial charge on any atom is 0.417 e. The van der Waals surface area contributed by atoms with Crippen molar-refractivity contribution >= 4 is 41.1 Å². The highest BCUT2D eigenvalue weighted by molar-refractivity contribution is 5.98. The Kier molecular flexibility index (Phi) is 21.2. The summed E-state index contributed by atoms with van der Waals surface area (Å²) in [5, 5.41) is 14.0. The SMILES string of the molecule is C[C@H]1[C@@H](c2ccc(F)cc2OC(F)F)[C@H](C(=O)Nc2ccnc(C(=O)NCCOCCNC(=O)C3CCC(NC(=O)CCCOC4CCC(OCCNC(=O)[C@H]5CC(=O)N(C6CC6)[C@@H]5c5cccnc5)CC4)CC3)c2)O[C@@]1(C)C(F)(F)F. The zero-order valence-electron chi connectivity index (χ0n) is 45.9. The molecule has 0 spiro atoms. The zero-order valence-corrected chi connectivity index (χ0v) is 45.9. The van der Waals surface area contributed by atoms with Crippen molar-refractivity contribution < 1.29 is 78.8 Å². The second kappa shape index (κ2) is 28.2. The highest BCUT2D eigenvalue weighted by atomic mass is 19.4. The minimum Gasteiger partial charge on any atom is -0.434 e. The number of carbonyl (C=O) groups is 6. The summed E-state index contributed by atoms with van der Waals surface area (Å²) in [6.07, 6.45) is 6.81. The van der Waals surface area contributed by atoms with Crippen LogP contribution in [0.15, 0.2) is 61.1 Å². The van der Waals surface area contributed by atoms with Crippen molar-refractivity contribution in [1.29, 1.82) is 0 Å². The summed E-state index contributed by atoms with van der Waals surface area (Å²) in [5.74, 6) is -7.55. The summed E-state index contributed by atoms with van der Waals surface area (Å²) in [5.41, 5.74) is -2.55. The molecule has 6 amide bonds. The smallest absolute Gasteiger partial charge is 0.417 e. The summed E-state index contributed by atoms with van der Waals surface area (Å²) in [6, 6.07) is 8.49. The van der Waals surface area contributed by atoms with Crippen LogP contribution in [0.25, 0.3) is 0 Å². The Labute approximate surface area is 471 Å². The molecule has 6 atom stereocenters. The number of likely N-dealkylation sites (tertiary alicyclic amines) is 1. The van der Waals surface area contributed by atoms with Gasteiger partial charge in [0.2, 0.25) is 23.6 Å². The number of benzene rings is 1. The molecule has 448 valence electrons. The Hall–Kier alpha value is -6.44. The average molecular weight is 1160 g/mol. The number of ether oxygens (including phenoxy) is 5. The van der Waals surface area contributed by atoms with Gasteiger partial charge in [0, 0.05) is 105 Å². The molecule has 1 aromatic carbocycles. The fraction of sp³-hybridized carbons (Fsp3) is 0.614. The number of anilines is 1. The largest absolute Gasteiger partial charge is 0.434 e. The predicted molar refractivity (Wildman–Crippen MR) is 282 cm³/mol. The molecule has 0 bridgehead atoms. The first-order valence-electron chi connectivity index (χ1n) is 28.2. The summed E-state index contributed by atoms with van der Waals surface area (Å²) in [4.78, 5) is 88.5. The molecule has 5 aliphatic rings. The molecular weight excluding hydrogens is 1090 g/mol. The lowest BCUT2D eigenvalue weighted by Gasteiger charge is -2.32. The van der Waals surface area contributed by atoms with Gasteiger partial charge in [0.1, 0.15) is 23.4 Å². The maximum absolute atomic E-state index is 14.4. The van der Waals surface area contributed by atoms with Crippen LogP contribution in [-0.4, -0.2) is 145 Å². The van der Waals surface area contributed by atoms with Gasteiger partial charge in [0.05, 0.1) is 44.0 Å². The first-order chi connectivity index (χ1) is 39.3. The van der Waals surface area contributed by atoms with Gasteiger partial charge in [-0.15, -0.1) is 0 Å². The Morgan fingerprint density at radius 2 is 1.50 bits per heavy atom. The lowest BCUT2D eigenvalue weighted by molar-refractivity contribution is -0.272. The Morgan fingerprint density at radius 3 is 2.17 bits per heavy atom. The van der Waals surface area contributed by atoms with Crippen molar-refractivity contribution in [2.45, 2.75) is 158 Å². The van der Waals surface area contributed by atoms with Crippen molar-refractivity contribution in [1.82, 2.24) is 36.1 Å². The number of aromatic nitrogens is 2. The number of nitrogens with one attached hydrogen (secondary N) is 5. The topological polar surface area (TPSA) is 238 Å². The van der Waals surface area contributed by atoms with Crippen LogP contribution in [-0.2, 0) is 42.9 Å². The zero-order chi connectivity index (χ0) is 58.6. The third kappa shape index (κ3) is 16.0. The number of hydrogen-bond acceptors (Lipinski definition) is 13. The molecule has 25 heteroatoms. The number of alkyl halides is 5. The van der Waals surface area contributed by atoms with E-state index in [1.165, 1.54) is 18.3 Å². The van der Waals surface area contributed by atoms with E-state index in [4.69, 9.17) is 18.9 Å². The van der Waals surface area contributed by atoms with E-state index in [2.05, 4.69) is 41.3 Å². The Morgan fingerprint density at radius 1 is 0.817 bits per heavy atom. The van der Waals surface area contributed by atoms with E-state index in [0.29, 0.717) is 64.3 Å². The van der Waals surface area contributed by atoms with Gasteiger partial charge < -0.3 is 55.2 Å². The maximum atomic E-state index is 14.4. The quantitative estimate of drug-likeness (QED) is 0.0410. The minimum atomic E-state index is -5.01. The summed E-state index contributed by atoms with van der Waals surface area (Å²) >= 11 is 0. The summed E-state index contributed by atoms with van der Waals surface area (Å²) in [7, 11) is 0. The van der Waals surface area contributed by atoms with Crippen LogP contribution >= 0.6 is 0 Å². The van der Waals surface area contributed by atoms with Gasteiger partial charge in [0.25, 0.3) is 11.8 Å². The van der Waals surface area contributed by atoms with Crippen molar-refractivity contribution in [3.63, 3.8) is 0 Å². The van der Waals surface area contributed by atoms with Crippen molar-refractivity contribution in [3.05, 3.63) is 83.7 Å². The predicted octanol–water partition coefficient (Wildman–Crippen LogP) is 6.83. The van der Waals surface area contributed by atoms with E-state index >= 15 is 0 Å². The van der Waals surface area contributed by atoms with E-state index in [-0.39, 0.29) is 110 Å². The first-order valence-corrected chi connectivity index (χ1v) is 28.2. The Balaban J connectivity index is 0.644. The molecule has 19 nitrogen and oxygen atoms in total. The van der Waals surface area contributed by atoms with Crippen molar-refractivity contribution in [3.8, 4) is 5.75 Å². The molecule has 3 saturated carbocycles. The molecule has 3 aliphatic carbocycles. The molecule has 5 N–H and O–H groups in total. The number of amides is 6. The third-order valence-corrected chi connectivity index (χ3v) is 16.2. The number of halogens is 6. The molecule has 4 heterocycles. The highest BCUT2D eigenvalue weighted by Crippen LogP contribution is 2.55. The van der Waals surface area contributed by atoms with Crippen molar-refractivity contribution in [2.24, 2.45) is 17.8 Å². The lowest BCUT2D eigenvalue weighted by atomic mass is 9.77. The van der Waals surface area contributed by atoms with E-state index in [1.54, 1.807) is 12.4 Å². The van der Waals surface area contributed by atoms with Crippen LogP contribution < -0.4 is 31.3 Å². The number of rotatable bonds is 26. The molecule has 0 radical (unpaired) electrons. The number of hydrogen-bond donors (Lipinski definition) is 5. The normalized spacial score (nSPS) is 26.5. The average Bonchev–Trinajstić information content (AvgIpc) is 3.46. The monoisotopic (exact) mass is 1160 g/mol. The van der Waals surface area contributed by atoms with Crippen LogP contribution in [0.2, 0.25) is 0 Å². The fourth-order valence-corrected chi connectivity index (χ4v) is 11.6. The van der Waals surface area contributed by atoms with Gasteiger partial charge in [0.15, 0.2) is 5.60 Å². The number of pyridine rings is 2. The number of carbonyl (C=O) groups excluding carboxylic acids is 6. The molecule has 3 aromatic rings. The van der Waals surface area contributed by atoms with Gasteiger partial charge in [-0.2, -0.15) is 22.0 Å². The molecular formula is C57H72F6N8O11. The molecule has 2 aromatic heterocycles. The second-order valence-electron chi connectivity index (χ2n) is 21.8. The van der Waals surface area contributed by atoms with Gasteiger partial charge in [-0.05, 0) is 107 Å². The van der Waals surface area contributed by atoms with E-state index in [0.717, 1.165) is 70.1 Å². The molecule has 8 rings (SSSR count). The van der Waals surface area contributed by atoms with Crippen LogP contribution in [0.1, 0.15) is 131 Å². The van der Waals surface area contributed by atoms with Crippen LogP contribution in [0.4, 0.5) is 32.0 Å². The molecule has 2 saturated heterocycles. The first kappa shape index (κ1) is 61.6. The van der Waals surface area contributed by atoms with E-state index in [1.807, 2.05) is 17.0 Å². The van der Waals surface area contributed by atoms with E-state index < -0.39 is 65.6 Å². The molecule has 82 heavy (non-hydrogen) atoms. The lowest BCUT2D eigenvalue weighted by Crippen LogP contribution is -2.47. The van der Waals surface area contributed by atoms with Gasteiger partial charge >= 0.3 is 12.8 Å². The minimum absolute atomic E-state index is 0.0160. The van der Waals surface area contributed by atoms with Crippen molar-refractivity contribution in [2.75, 3.05) is 51.4 Å². The van der Waals surface area contributed by atoms with Crippen LogP contribution in [0.5, 0.6) is 5.75 Å². The summed E-state index contributed by atoms with van der Waals surface area (Å²) < 4.78 is 111. The fourth-order valence-electron chi connectivity index (χ4n) is 11.6. The highest BCUT2D eigenvalue weighted by Gasteiger charge is 2.66. The summed E-state index contributed by atoms with van der Waals surface area (Å²) in [6.45, 7) is 0.100. The molecule has 0 unspecified atom stereocenters. The Bertz CT molecular complexity index is 2680. The van der Waals surface area contributed by atoms with Crippen LogP contribution in [0.3, 0.4) is 0 Å². The second-order valence-corrected chi connectivity index (χ2v) is 21.8. The van der Waals surface area contributed by atoms with Gasteiger partial charge in [-0.3, -0.25) is 38.7 Å². The van der Waals surface area contributed by atoms with Gasteiger partial charge in [-0.25, -0.2) is 4.39 Å². The number of nitrogens with zero attached hydrogens (tertiary/aromatic N) is 3. The molecule has 5 fully saturated rings. The third-order valence-electron chi connectivity index (χ3n) is 16.2.